The summed E-state index contributed by atoms with van der Waals surface area (Å²) >= 11 is 1.54. The molecular weight excluding hydrogens is 574 g/mol. The lowest BCUT2D eigenvalue weighted by molar-refractivity contribution is -0.139. The first-order valence-corrected chi connectivity index (χ1v) is 15.8. The van der Waals surface area contributed by atoms with Crippen LogP contribution in [0, 0.1) is 12.3 Å². The molecule has 1 aliphatic rings. The Morgan fingerprint density at radius 3 is 2.43 bits per heavy atom. The predicted octanol–water partition coefficient (Wildman–Crippen LogP) is 6.16. The number of aromatic nitrogens is 2. The lowest BCUT2D eigenvalue weighted by Crippen LogP contribution is -2.53. The summed E-state index contributed by atoms with van der Waals surface area (Å²) in [5.74, 6) is 0.872. The molecule has 3 atom stereocenters. The van der Waals surface area contributed by atoms with Crippen molar-refractivity contribution in [3.8, 4) is 22.2 Å². The van der Waals surface area contributed by atoms with Gasteiger partial charge in [0.2, 0.25) is 11.8 Å². The van der Waals surface area contributed by atoms with Crippen molar-refractivity contribution >= 4 is 39.7 Å². The zero-order valence-corrected chi connectivity index (χ0v) is 27.2. The van der Waals surface area contributed by atoms with Crippen LogP contribution >= 0.6 is 11.3 Å². The van der Waals surface area contributed by atoms with Crippen LogP contribution in [0.2, 0.25) is 0 Å². The van der Waals surface area contributed by atoms with Gasteiger partial charge in [-0.1, -0.05) is 52.8 Å². The molecule has 4 aromatic rings. The van der Waals surface area contributed by atoms with Crippen LogP contribution in [0.15, 0.2) is 53.9 Å². The monoisotopic (exact) mass is 615 g/mol. The molecule has 5 rings (SSSR count). The molecule has 0 aliphatic carbocycles. The van der Waals surface area contributed by atoms with Gasteiger partial charge >= 0.3 is 0 Å². The van der Waals surface area contributed by atoms with Crippen LogP contribution in [0.4, 0.5) is 5.69 Å². The highest BCUT2D eigenvalue weighted by Gasteiger charge is 2.44. The Hall–Kier alpha value is -4.18. The number of carbonyl (C=O) groups excluding carboxylic acids is 2. The van der Waals surface area contributed by atoms with Gasteiger partial charge in [0.1, 0.15) is 40.4 Å². The number of methoxy groups -OCH3 is 1. The second-order valence-electron chi connectivity index (χ2n) is 12.7. The number of para-hydroxylation sites is 1. The number of nitrogens with zero attached hydrogens (tertiary/aromatic N) is 3. The third kappa shape index (κ3) is 6.36. The van der Waals surface area contributed by atoms with E-state index in [1.807, 2.05) is 76.2 Å². The second kappa shape index (κ2) is 12.4. The number of likely N-dealkylation sites (tertiary alicyclic amines) is 1. The van der Waals surface area contributed by atoms with Crippen molar-refractivity contribution in [2.24, 2.45) is 11.1 Å². The smallest absolute Gasteiger partial charge is 0.246 e. The van der Waals surface area contributed by atoms with E-state index >= 15 is 0 Å². The molecule has 0 radical (unpaired) electrons. The molecule has 2 aromatic heterocycles. The van der Waals surface area contributed by atoms with Gasteiger partial charge in [0.05, 0.1) is 24.9 Å². The van der Waals surface area contributed by atoms with Crippen LogP contribution in [-0.4, -0.2) is 58.5 Å². The molecule has 1 fully saturated rings. The maximum absolute atomic E-state index is 14.1. The fourth-order valence-corrected chi connectivity index (χ4v) is 6.51. The van der Waals surface area contributed by atoms with Gasteiger partial charge in [-0.2, -0.15) is 0 Å². The number of aryl methyl sites for hydroxylation is 1. The topological polar surface area (TPSA) is 120 Å². The van der Waals surface area contributed by atoms with E-state index in [1.54, 1.807) is 23.3 Å². The van der Waals surface area contributed by atoms with Crippen LogP contribution in [0.3, 0.4) is 0 Å². The minimum Gasteiger partial charge on any atom is -0.496 e. The molecule has 0 unspecified atom stereocenters. The minimum atomic E-state index is -0.795. The molecule has 0 spiro atoms. The van der Waals surface area contributed by atoms with Gasteiger partial charge < -0.3 is 25.4 Å². The first kappa shape index (κ1) is 31.3. The molecule has 9 nitrogen and oxygen atoms in total. The van der Waals surface area contributed by atoms with Crippen molar-refractivity contribution in [2.45, 2.75) is 72.1 Å². The number of rotatable bonds is 9. The Balaban J connectivity index is 1.49. The lowest BCUT2D eigenvalue weighted by Gasteiger charge is -2.35. The van der Waals surface area contributed by atoms with E-state index in [4.69, 9.17) is 25.2 Å². The van der Waals surface area contributed by atoms with Gasteiger partial charge in [-0.05, 0) is 42.5 Å². The molecule has 10 heteroatoms. The quantitative estimate of drug-likeness (QED) is 0.231. The van der Waals surface area contributed by atoms with Gasteiger partial charge in [-0.15, -0.1) is 11.3 Å². The molecule has 232 valence electrons. The molecule has 0 bridgehead atoms. The second-order valence-corrected chi connectivity index (χ2v) is 13.6. The zero-order chi connectivity index (χ0) is 31.8. The summed E-state index contributed by atoms with van der Waals surface area (Å²) in [5.41, 5.74) is 9.58. The number of primary amides is 1. The average molecular weight is 616 g/mol. The summed E-state index contributed by atoms with van der Waals surface area (Å²) in [6.45, 7) is 12.4. The number of nitrogens with two attached hydrogens (primary N) is 1. The average Bonchev–Trinajstić information content (AvgIpc) is 3.64. The van der Waals surface area contributed by atoms with E-state index in [9.17, 15) is 9.59 Å². The van der Waals surface area contributed by atoms with Gasteiger partial charge in [0, 0.05) is 34.5 Å². The molecule has 2 aromatic carbocycles. The summed E-state index contributed by atoms with van der Waals surface area (Å²) < 4.78 is 12.2. The van der Waals surface area contributed by atoms with Crippen molar-refractivity contribution < 1.29 is 19.1 Å². The number of fused-ring (bicyclic) bond motifs is 1. The highest BCUT2D eigenvalue weighted by molar-refractivity contribution is 7.13. The van der Waals surface area contributed by atoms with Crippen LogP contribution in [0.1, 0.15) is 58.2 Å². The molecular formula is C34H41N5O4S. The Morgan fingerprint density at radius 2 is 1.82 bits per heavy atom. The van der Waals surface area contributed by atoms with Crippen molar-refractivity contribution in [3.05, 3.63) is 65.2 Å². The largest absolute Gasteiger partial charge is 0.496 e. The van der Waals surface area contributed by atoms with Crippen molar-refractivity contribution in [1.29, 1.82) is 0 Å². The number of hydrogen-bond acceptors (Lipinski definition) is 8. The molecule has 3 N–H and O–H groups in total. The fraction of sp³-hybridized carbons (Fsp3) is 0.412. The number of nitrogens with one attached hydrogen (secondary N) is 1. The first-order chi connectivity index (χ1) is 20.9. The number of pyridine rings is 1. The van der Waals surface area contributed by atoms with Crippen molar-refractivity contribution in [3.63, 3.8) is 0 Å². The standard InChI is InChI=1S/C34H41N5O4S/c1-19(2)25-18-44-32(38-25)24-16-28(23-13-14-27(42-7)20(3)29(23)37-24)43-22-15-26(31(35)40)39(17-22)33(41)30(34(4,5)6)36-21-11-9-8-10-12-21/h8-14,16,18-19,22,26,30,36H,15,17H2,1-7H3,(H2,35,40)/t22-,26+,30-/m1/s1. The molecule has 2 amide bonds. The summed E-state index contributed by atoms with van der Waals surface area (Å²) in [6, 6.07) is 13.9. The SMILES string of the molecule is COc1ccc2c(O[C@@H]3C[C@@H](C(N)=O)N(C(=O)[C@@H](Nc4ccccc4)C(C)(C)C)C3)cc(-c3nc(C(C)C)cs3)nc2c1C. The zero-order valence-electron chi connectivity index (χ0n) is 26.4. The molecule has 44 heavy (non-hydrogen) atoms. The van der Waals surface area contributed by atoms with E-state index in [0.717, 1.165) is 38.6 Å². The molecule has 3 heterocycles. The third-order valence-electron chi connectivity index (χ3n) is 8.06. The van der Waals surface area contributed by atoms with Crippen molar-refractivity contribution in [1.82, 2.24) is 14.9 Å². The Morgan fingerprint density at radius 1 is 1.09 bits per heavy atom. The van der Waals surface area contributed by atoms with Crippen molar-refractivity contribution in [2.75, 3.05) is 19.0 Å². The normalized spacial score (nSPS) is 17.6. The lowest BCUT2D eigenvalue weighted by atomic mass is 9.85. The molecule has 1 saturated heterocycles. The fourth-order valence-electron chi connectivity index (χ4n) is 5.57. The number of thiazole rings is 1. The summed E-state index contributed by atoms with van der Waals surface area (Å²) in [4.78, 5) is 38.2. The maximum Gasteiger partial charge on any atom is 0.246 e. The van der Waals surface area contributed by atoms with E-state index in [0.29, 0.717) is 17.4 Å². The van der Waals surface area contributed by atoms with Gasteiger partial charge in [0.25, 0.3) is 0 Å². The van der Waals surface area contributed by atoms with Crippen LogP contribution in [0.5, 0.6) is 11.5 Å². The highest BCUT2D eigenvalue weighted by Crippen LogP contribution is 2.38. The van der Waals surface area contributed by atoms with E-state index in [1.165, 1.54) is 0 Å². The summed E-state index contributed by atoms with van der Waals surface area (Å²) in [5, 5.41) is 7.04. The van der Waals surface area contributed by atoms with Gasteiger partial charge in [0.15, 0.2) is 0 Å². The highest BCUT2D eigenvalue weighted by atomic mass is 32.1. The Kier molecular flexibility index (Phi) is 8.83. The van der Waals surface area contributed by atoms with E-state index in [-0.39, 0.29) is 18.9 Å². The minimum absolute atomic E-state index is 0.193. The third-order valence-corrected chi connectivity index (χ3v) is 8.95. The Labute approximate surface area is 262 Å². The molecule has 1 aliphatic heterocycles. The van der Waals surface area contributed by atoms with E-state index in [2.05, 4.69) is 24.5 Å². The number of carbonyl (C=O) groups is 2. The first-order valence-electron chi connectivity index (χ1n) is 14.9. The number of amides is 2. The van der Waals surface area contributed by atoms with Crippen LogP contribution < -0.4 is 20.5 Å². The molecule has 0 saturated carbocycles. The number of hydrogen-bond donors (Lipinski definition) is 2. The predicted molar refractivity (Wildman–Crippen MR) is 175 cm³/mol. The Bertz CT molecular complexity index is 1660. The summed E-state index contributed by atoms with van der Waals surface area (Å²) in [6.07, 6.45) is -0.177. The van der Waals surface area contributed by atoms with Crippen LogP contribution in [-0.2, 0) is 9.59 Å². The van der Waals surface area contributed by atoms with E-state index < -0.39 is 29.5 Å². The van der Waals surface area contributed by atoms with Gasteiger partial charge in [-0.3, -0.25) is 9.59 Å². The number of benzene rings is 2. The summed E-state index contributed by atoms with van der Waals surface area (Å²) in [7, 11) is 1.64. The number of ether oxygens (including phenoxy) is 2. The maximum atomic E-state index is 14.1. The number of anilines is 1. The van der Waals surface area contributed by atoms with Crippen LogP contribution in [0.25, 0.3) is 21.6 Å². The van der Waals surface area contributed by atoms with Gasteiger partial charge in [-0.25, -0.2) is 9.97 Å².